The number of rotatable bonds is 7. The number of nitrogens with zero attached hydrogens (tertiary/aromatic N) is 1. The van der Waals surface area contributed by atoms with Gasteiger partial charge in [-0.25, -0.2) is 0 Å². The minimum atomic E-state index is 0.820. The quantitative estimate of drug-likeness (QED) is 0.664. The fraction of sp³-hybridized carbons (Fsp3) is 0.857. The number of nitrogens with one attached hydrogen (secondary N) is 1. The van der Waals surface area contributed by atoms with E-state index in [1.54, 1.807) is 0 Å². The summed E-state index contributed by atoms with van der Waals surface area (Å²) in [4.78, 5) is 2.40. The number of terminal acetylenes is 1. The van der Waals surface area contributed by atoms with E-state index in [0.717, 1.165) is 19.0 Å². The van der Waals surface area contributed by atoms with E-state index in [0.29, 0.717) is 0 Å². The average Bonchev–Trinajstić information content (AvgIpc) is 2.31. The predicted molar refractivity (Wildman–Crippen MR) is 70.4 cm³/mol. The third-order valence-electron chi connectivity index (χ3n) is 3.40. The molecule has 2 heteroatoms. The van der Waals surface area contributed by atoms with Crippen LogP contribution in [0.4, 0.5) is 0 Å². The first-order valence-electron chi connectivity index (χ1n) is 6.73. The summed E-state index contributed by atoms with van der Waals surface area (Å²) in [6.45, 7) is 7.80. The van der Waals surface area contributed by atoms with Crippen LogP contribution in [-0.2, 0) is 0 Å². The maximum Gasteiger partial charge on any atom is 0.0598 e. The van der Waals surface area contributed by atoms with Crippen LogP contribution < -0.4 is 5.32 Å². The number of hydrogen-bond donors (Lipinski definition) is 1. The third kappa shape index (κ3) is 5.53. The highest BCUT2D eigenvalue weighted by atomic mass is 15.1. The molecular formula is C14H26N2. The standard InChI is InChI=1S/C14H26N2/c1-3-11-16(12-4-2)13-5-6-14-7-9-15-10-8-14/h1,14-15H,4-13H2,2H3. The van der Waals surface area contributed by atoms with E-state index in [9.17, 15) is 0 Å². The average molecular weight is 222 g/mol. The Morgan fingerprint density at radius 2 is 2.06 bits per heavy atom. The number of hydrogen-bond acceptors (Lipinski definition) is 2. The van der Waals surface area contributed by atoms with Crippen molar-refractivity contribution in [3.8, 4) is 12.3 Å². The summed E-state index contributed by atoms with van der Waals surface area (Å²) in [5.74, 6) is 3.71. The molecule has 0 aliphatic carbocycles. The van der Waals surface area contributed by atoms with Crippen LogP contribution in [0.1, 0.15) is 39.0 Å². The van der Waals surface area contributed by atoms with Gasteiger partial charge in [-0.1, -0.05) is 12.8 Å². The highest BCUT2D eigenvalue weighted by molar-refractivity contribution is 4.88. The second-order valence-electron chi connectivity index (χ2n) is 4.82. The smallest absolute Gasteiger partial charge is 0.0598 e. The van der Waals surface area contributed by atoms with E-state index >= 15 is 0 Å². The maximum atomic E-state index is 5.37. The second-order valence-corrected chi connectivity index (χ2v) is 4.82. The highest BCUT2D eigenvalue weighted by Crippen LogP contribution is 2.17. The third-order valence-corrected chi connectivity index (χ3v) is 3.40. The van der Waals surface area contributed by atoms with E-state index in [-0.39, 0.29) is 0 Å². The van der Waals surface area contributed by atoms with Gasteiger partial charge in [0.1, 0.15) is 0 Å². The zero-order valence-electron chi connectivity index (χ0n) is 10.7. The van der Waals surface area contributed by atoms with E-state index in [4.69, 9.17) is 6.42 Å². The Kier molecular flexibility index (Phi) is 7.29. The van der Waals surface area contributed by atoms with Gasteiger partial charge in [0.2, 0.25) is 0 Å². The first-order chi connectivity index (χ1) is 7.86. The monoisotopic (exact) mass is 222 g/mol. The summed E-state index contributed by atoms with van der Waals surface area (Å²) in [7, 11) is 0. The minimum Gasteiger partial charge on any atom is -0.317 e. The molecule has 0 aromatic heterocycles. The van der Waals surface area contributed by atoms with Crippen molar-refractivity contribution in [1.29, 1.82) is 0 Å². The van der Waals surface area contributed by atoms with Crippen molar-refractivity contribution in [2.45, 2.75) is 39.0 Å². The van der Waals surface area contributed by atoms with Crippen molar-refractivity contribution in [2.75, 3.05) is 32.7 Å². The molecule has 0 amide bonds. The Morgan fingerprint density at radius 3 is 2.69 bits per heavy atom. The molecule has 2 nitrogen and oxygen atoms in total. The van der Waals surface area contributed by atoms with Crippen molar-refractivity contribution in [1.82, 2.24) is 10.2 Å². The van der Waals surface area contributed by atoms with Crippen LogP contribution >= 0.6 is 0 Å². The van der Waals surface area contributed by atoms with Gasteiger partial charge >= 0.3 is 0 Å². The van der Waals surface area contributed by atoms with Crippen molar-refractivity contribution < 1.29 is 0 Å². The lowest BCUT2D eigenvalue weighted by atomic mass is 9.93. The molecule has 0 saturated carbocycles. The molecule has 1 heterocycles. The summed E-state index contributed by atoms with van der Waals surface area (Å²) >= 11 is 0. The molecule has 1 aliphatic rings. The fourth-order valence-electron chi connectivity index (χ4n) is 2.49. The SMILES string of the molecule is C#CCN(CCC)CCCC1CCNCC1. The van der Waals surface area contributed by atoms with Crippen LogP contribution in [0.2, 0.25) is 0 Å². The molecule has 92 valence electrons. The molecule has 1 aliphatic heterocycles. The molecule has 1 rings (SSSR count). The normalized spacial score (nSPS) is 17.6. The molecule has 0 unspecified atom stereocenters. The van der Waals surface area contributed by atoms with E-state index < -0.39 is 0 Å². The maximum absolute atomic E-state index is 5.37. The Hall–Kier alpha value is -0.520. The minimum absolute atomic E-state index is 0.820. The first kappa shape index (κ1) is 13.5. The Balaban J connectivity index is 2.09. The lowest BCUT2D eigenvalue weighted by Gasteiger charge is -2.24. The van der Waals surface area contributed by atoms with Crippen LogP contribution in [0.25, 0.3) is 0 Å². The topological polar surface area (TPSA) is 15.3 Å². The highest BCUT2D eigenvalue weighted by Gasteiger charge is 2.12. The molecule has 0 aromatic carbocycles. The van der Waals surface area contributed by atoms with Crippen LogP contribution in [0.3, 0.4) is 0 Å². The van der Waals surface area contributed by atoms with Gasteiger partial charge in [0.15, 0.2) is 0 Å². The fourth-order valence-corrected chi connectivity index (χ4v) is 2.49. The molecule has 1 fully saturated rings. The second kappa shape index (κ2) is 8.61. The van der Waals surface area contributed by atoms with Crippen LogP contribution in [0.5, 0.6) is 0 Å². The van der Waals surface area contributed by atoms with Crippen molar-refractivity contribution in [3.05, 3.63) is 0 Å². The predicted octanol–water partition coefficient (Wildman–Crippen LogP) is 2.11. The Labute approximate surface area is 101 Å². The van der Waals surface area contributed by atoms with Gasteiger partial charge in [-0.2, -0.15) is 0 Å². The summed E-state index contributed by atoms with van der Waals surface area (Å²) < 4.78 is 0. The molecule has 0 atom stereocenters. The van der Waals surface area contributed by atoms with Crippen molar-refractivity contribution in [2.24, 2.45) is 5.92 Å². The van der Waals surface area contributed by atoms with Gasteiger partial charge in [0, 0.05) is 0 Å². The summed E-state index contributed by atoms with van der Waals surface area (Å²) in [6, 6.07) is 0. The molecule has 0 spiro atoms. The largest absolute Gasteiger partial charge is 0.317 e. The number of piperidine rings is 1. The van der Waals surface area contributed by atoms with Crippen molar-refractivity contribution >= 4 is 0 Å². The molecule has 0 radical (unpaired) electrons. The van der Waals surface area contributed by atoms with E-state index in [1.807, 2.05) is 0 Å². The lowest BCUT2D eigenvalue weighted by molar-refractivity contribution is 0.275. The van der Waals surface area contributed by atoms with Crippen LogP contribution in [-0.4, -0.2) is 37.6 Å². The van der Waals surface area contributed by atoms with Crippen molar-refractivity contribution in [3.63, 3.8) is 0 Å². The molecule has 0 bridgehead atoms. The Morgan fingerprint density at radius 1 is 1.31 bits per heavy atom. The van der Waals surface area contributed by atoms with Gasteiger partial charge in [0.05, 0.1) is 6.54 Å². The van der Waals surface area contributed by atoms with E-state index in [1.165, 1.54) is 51.7 Å². The summed E-state index contributed by atoms with van der Waals surface area (Å²) in [6.07, 6.45) is 12.0. The molecule has 0 aromatic rings. The zero-order chi connectivity index (χ0) is 11.6. The molecular weight excluding hydrogens is 196 g/mol. The molecule has 1 saturated heterocycles. The van der Waals surface area contributed by atoms with Gasteiger partial charge in [-0.15, -0.1) is 6.42 Å². The zero-order valence-corrected chi connectivity index (χ0v) is 10.7. The summed E-state index contributed by atoms with van der Waals surface area (Å²) in [5.41, 5.74) is 0. The Bertz CT molecular complexity index is 201. The lowest BCUT2D eigenvalue weighted by Crippen LogP contribution is -2.29. The van der Waals surface area contributed by atoms with Gasteiger partial charge < -0.3 is 5.32 Å². The van der Waals surface area contributed by atoms with Gasteiger partial charge in [-0.3, -0.25) is 4.90 Å². The van der Waals surface area contributed by atoms with Gasteiger partial charge in [0.25, 0.3) is 0 Å². The summed E-state index contributed by atoms with van der Waals surface area (Å²) in [5, 5.41) is 3.42. The van der Waals surface area contributed by atoms with E-state index in [2.05, 4.69) is 23.1 Å². The van der Waals surface area contributed by atoms with Crippen LogP contribution in [0, 0.1) is 18.3 Å². The van der Waals surface area contributed by atoms with Crippen LogP contribution in [0.15, 0.2) is 0 Å². The van der Waals surface area contributed by atoms with Gasteiger partial charge in [-0.05, 0) is 64.2 Å². The molecule has 16 heavy (non-hydrogen) atoms. The molecule has 1 N–H and O–H groups in total. The first-order valence-corrected chi connectivity index (χ1v) is 6.73.